The Morgan fingerprint density at radius 1 is 0.895 bits per heavy atom. The van der Waals surface area contributed by atoms with Crippen LogP contribution in [0.2, 0.25) is 0 Å². The predicted molar refractivity (Wildman–Crippen MR) is 147 cm³/mol. The minimum atomic E-state index is -0.990. The fraction of sp³-hybridized carbons (Fsp3) is 0.212. The minimum absolute atomic E-state index is 0.167. The van der Waals surface area contributed by atoms with Crippen molar-refractivity contribution in [2.75, 3.05) is 13.7 Å². The maximum atomic E-state index is 14.1. The Balaban J connectivity index is 1.56. The molecule has 1 aliphatic heterocycles. The van der Waals surface area contributed by atoms with Crippen LogP contribution < -0.4 is 9.47 Å². The molecule has 4 atom stereocenters. The molecular formula is C33H28O5. The number of hydrogen-bond donors (Lipinski definition) is 1. The summed E-state index contributed by atoms with van der Waals surface area (Å²) in [6.45, 7) is 2.21. The number of Topliss-reactive ketones (excluding diaryl/α,β-unsaturated/α-hetero) is 1. The molecule has 190 valence electrons. The molecule has 0 saturated heterocycles. The fourth-order valence-corrected chi connectivity index (χ4v) is 6.06. The van der Waals surface area contributed by atoms with Crippen LogP contribution in [-0.4, -0.2) is 30.6 Å². The van der Waals surface area contributed by atoms with Crippen LogP contribution in [0, 0.1) is 24.7 Å². The first kappa shape index (κ1) is 24.0. The van der Waals surface area contributed by atoms with Crippen molar-refractivity contribution in [1.82, 2.24) is 0 Å². The van der Waals surface area contributed by atoms with Crippen molar-refractivity contribution in [3.05, 3.63) is 113 Å². The second-order valence-corrected chi connectivity index (χ2v) is 10.1. The van der Waals surface area contributed by atoms with Crippen LogP contribution in [0.4, 0.5) is 0 Å². The van der Waals surface area contributed by atoms with E-state index in [-0.39, 0.29) is 18.3 Å². The molecule has 1 heterocycles. The van der Waals surface area contributed by atoms with E-state index in [9.17, 15) is 14.7 Å². The van der Waals surface area contributed by atoms with Crippen LogP contribution >= 0.6 is 0 Å². The summed E-state index contributed by atoms with van der Waals surface area (Å²) < 4.78 is 11.7. The van der Waals surface area contributed by atoms with Crippen molar-refractivity contribution in [3.63, 3.8) is 0 Å². The average molecular weight is 505 g/mol. The SMILES string of the molecule is COc1ccc(C2C=C3c4ccc5ccccc5c4OCC3C(C(=O)c3ccc(C)cc3)C2C(=O)O)cc1. The van der Waals surface area contributed by atoms with Gasteiger partial charge in [0, 0.05) is 34.3 Å². The number of ether oxygens (including phenoxy) is 2. The molecule has 0 radical (unpaired) electrons. The number of carboxylic acid groups (broad SMARTS) is 1. The van der Waals surface area contributed by atoms with Gasteiger partial charge < -0.3 is 14.6 Å². The summed E-state index contributed by atoms with van der Waals surface area (Å²) in [5, 5.41) is 12.6. The van der Waals surface area contributed by atoms with E-state index in [0.29, 0.717) is 11.3 Å². The lowest BCUT2D eigenvalue weighted by Gasteiger charge is -2.42. The van der Waals surface area contributed by atoms with Crippen LogP contribution in [0.25, 0.3) is 16.3 Å². The smallest absolute Gasteiger partial charge is 0.308 e. The Morgan fingerprint density at radius 3 is 2.34 bits per heavy atom. The van der Waals surface area contributed by atoms with E-state index in [1.807, 2.05) is 73.7 Å². The van der Waals surface area contributed by atoms with E-state index in [1.165, 1.54) is 0 Å². The molecular weight excluding hydrogens is 476 g/mol. The Hall–Kier alpha value is -4.38. The van der Waals surface area contributed by atoms with Gasteiger partial charge in [-0.3, -0.25) is 9.59 Å². The van der Waals surface area contributed by atoms with E-state index in [2.05, 4.69) is 12.1 Å². The molecule has 38 heavy (non-hydrogen) atoms. The van der Waals surface area contributed by atoms with Gasteiger partial charge in [-0.05, 0) is 35.6 Å². The molecule has 1 aliphatic carbocycles. The van der Waals surface area contributed by atoms with Crippen molar-refractivity contribution < 1.29 is 24.2 Å². The van der Waals surface area contributed by atoms with Crippen LogP contribution in [0.5, 0.6) is 11.5 Å². The van der Waals surface area contributed by atoms with Gasteiger partial charge >= 0.3 is 5.97 Å². The number of benzene rings is 4. The topological polar surface area (TPSA) is 72.8 Å². The van der Waals surface area contributed by atoms with Gasteiger partial charge in [0.05, 0.1) is 19.6 Å². The van der Waals surface area contributed by atoms with Gasteiger partial charge in [0.2, 0.25) is 0 Å². The van der Waals surface area contributed by atoms with Gasteiger partial charge in [0.15, 0.2) is 5.78 Å². The van der Waals surface area contributed by atoms with Crippen molar-refractivity contribution in [2.45, 2.75) is 12.8 Å². The fourth-order valence-electron chi connectivity index (χ4n) is 6.06. The van der Waals surface area contributed by atoms with Gasteiger partial charge in [0.1, 0.15) is 11.5 Å². The molecule has 0 fully saturated rings. The molecule has 2 aliphatic rings. The molecule has 0 amide bonds. The maximum absolute atomic E-state index is 14.1. The zero-order chi connectivity index (χ0) is 26.4. The summed E-state index contributed by atoms with van der Waals surface area (Å²) in [7, 11) is 1.60. The standard InChI is InChI=1S/C33H28O5/c1-19-7-9-22(10-8-19)31(34)29-28-18-38-32-24-6-4-3-5-20(24)13-16-25(32)27(28)17-26(30(29)33(35)36)21-11-14-23(37-2)15-12-21/h3-17,26,28-30H,18H2,1-2H3,(H,35,36). The highest BCUT2D eigenvalue weighted by Gasteiger charge is 2.50. The van der Waals surface area contributed by atoms with Gasteiger partial charge in [-0.25, -0.2) is 0 Å². The number of carbonyl (C=O) groups excluding carboxylic acids is 1. The molecule has 0 saturated carbocycles. The molecule has 0 spiro atoms. The monoisotopic (exact) mass is 504 g/mol. The number of fused-ring (bicyclic) bond motifs is 5. The lowest BCUT2D eigenvalue weighted by atomic mass is 9.61. The van der Waals surface area contributed by atoms with E-state index < -0.39 is 23.7 Å². The van der Waals surface area contributed by atoms with Crippen LogP contribution in [0.1, 0.15) is 33.0 Å². The predicted octanol–water partition coefficient (Wildman–Crippen LogP) is 6.55. The molecule has 0 aromatic heterocycles. The summed E-state index contributed by atoms with van der Waals surface area (Å²) in [6, 6.07) is 27.0. The number of ketones is 1. The third-order valence-corrected chi connectivity index (χ3v) is 7.99. The van der Waals surface area contributed by atoms with Gasteiger partial charge in [0.25, 0.3) is 0 Å². The van der Waals surface area contributed by atoms with Crippen LogP contribution in [0.15, 0.2) is 91.0 Å². The van der Waals surface area contributed by atoms with Crippen molar-refractivity contribution >= 4 is 28.1 Å². The highest BCUT2D eigenvalue weighted by atomic mass is 16.5. The van der Waals surface area contributed by atoms with Crippen molar-refractivity contribution in [2.24, 2.45) is 17.8 Å². The van der Waals surface area contributed by atoms with E-state index in [1.54, 1.807) is 19.2 Å². The minimum Gasteiger partial charge on any atom is -0.497 e. The number of allylic oxidation sites excluding steroid dienone is 1. The van der Waals surface area contributed by atoms with Crippen LogP contribution in [-0.2, 0) is 4.79 Å². The van der Waals surface area contributed by atoms with Crippen LogP contribution in [0.3, 0.4) is 0 Å². The number of carbonyl (C=O) groups is 2. The molecule has 5 nitrogen and oxygen atoms in total. The Morgan fingerprint density at radius 2 is 1.63 bits per heavy atom. The number of aliphatic carboxylic acids is 1. The number of aryl methyl sites for hydroxylation is 1. The summed E-state index contributed by atoms with van der Waals surface area (Å²) in [6.07, 6.45) is 2.06. The maximum Gasteiger partial charge on any atom is 0.308 e. The lowest BCUT2D eigenvalue weighted by molar-refractivity contribution is -0.144. The lowest BCUT2D eigenvalue weighted by Crippen LogP contribution is -2.45. The zero-order valence-electron chi connectivity index (χ0n) is 21.3. The first-order valence-electron chi connectivity index (χ1n) is 12.8. The third-order valence-electron chi connectivity index (χ3n) is 7.99. The van der Waals surface area contributed by atoms with E-state index >= 15 is 0 Å². The summed E-state index contributed by atoms with van der Waals surface area (Å²) in [5.74, 6) is -2.30. The molecule has 5 heteroatoms. The molecule has 6 rings (SSSR count). The summed E-state index contributed by atoms with van der Waals surface area (Å²) in [5.41, 5.74) is 4.29. The Kier molecular flexibility index (Phi) is 5.99. The van der Waals surface area contributed by atoms with E-state index in [4.69, 9.17) is 9.47 Å². The van der Waals surface area contributed by atoms with Gasteiger partial charge in [-0.1, -0.05) is 84.4 Å². The molecule has 1 N–H and O–H groups in total. The second-order valence-electron chi connectivity index (χ2n) is 10.1. The number of methoxy groups -OCH3 is 1. The second kappa shape index (κ2) is 9.49. The Bertz CT molecular complexity index is 1570. The first-order valence-corrected chi connectivity index (χ1v) is 12.8. The van der Waals surface area contributed by atoms with E-state index in [0.717, 1.165) is 38.8 Å². The van der Waals surface area contributed by atoms with Crippen molar-refractivity contribution in [1.29, 1.82) is 0 Å². The largest absolute Gasteiger partial charge is 0.497 e. The normalized spacial score (nSPS) is 22.0. The average Bonchev–Trinajstić information content (AvgIpc) is 2.95. The Labute approximate surface area is 221 Å². The molecule has 4 aromatic rings. The first-order chi connectivity index (χ1) is 18.5. The number of hydrogen-bond acceptors (Lipinski definition) is 4. The zero-order valence-corrected chi connectivity index (χ0v) is 21.3. The number of carboxylic acids is 1. The van der Waals surface area contributed by atoms with Gasteiger partial charge in [-0.15, -0.1) is 0 Å². The highest BCUT2D eigenvalue weighted by molar-refractivity contribution is 6.03. The quantitative estimate of drug-likeness (QED) is 0.312. The summed E-state index contributed by atoms with van der Waals surface area (Å²) in [4.78, 5) is 27.0. The molecule has 4 unspecified atom stereocenters. The third kappa shape index (κ3) is 3.95. The number of rotatable bonds is 5. The molecule has 0 bridgehead atoms. The van der Waals surface area contributed by atoms with Crippen molar-refractivity contribution in [3.8, 4) is 11.5 Å². The highest BCUT2D eigenvalue weighted by Crippen LogP contribution is 2.52. The molecule has 4 aromatic carbocycles. The van der Waals surface area contributed by atoms with Gasteiger partial charge in [-0.2, -0.15) is 0 Å². The summed E-state index contributed by atoms with van der Waals surface area (Å²) >= 11 is 0.